The highest BCUT2D eigenvalue weighted by atomic mass is 14.7. The van der Waals surface area contributed by atoms with E-state index < -0.39 is 0 Å². The van der Waals surface area contributed by atoms with Gasteiger partial charge in [-0.3, -0.25) is 0 Å². The summed E-state index contributed by atoms with van der Waals surface area (Å²) in [5.41, 5.74) is 5.90. The predicted octanol–water partition coefficient (Wildman–Crippen LogP) is 1.19. The first-order valence-corrected chi connectivity index (χ1v) is 3.87. The van der Waals surface area contributed by atoms with E-state index in [-0.39, 0.29) is 0 Å². The third-order valence-electron chi connectivity index (χ3n) is 3.16. The molecule has 9 heavy (non-hydrogen) atoms. The zero-order valence-corrected chi connectivity index (χ0v) is 5.72. The van der Waals surface area contributed by atoms with Crippen LogP contribution in [0.2, 0.25) is 0 Å². The first-order chi connectivity index (χ1) is 4.29. The van der Waals surface area contributed by atoms with E-state index in [9.17, 15) is 0 Å². The molecule has 1 nitrogen and oxygen atoms in total. The monoisotopic (exact) mass is 124 g/mol. The van der Waals surface area contributed by atoms with Crippen molar-refractivity contribution in [2.75, 3.05) is 0 Å². The molecule has 0 saturated heterocycles. The van der Waals surface area contributed by atoms with Gasteiger partial charge in [-0.05, 0) is 43.9 Å². The molecule has 2 aliphatic rings. The van der Waals surface area contributed by atoms with Crippen LogP contribution in [0.5, 0.6) is 0 Å². The van der Waals surface area contributed by atoms with Gasteiger partial charge in [-0.1, -0.05) is 0 Å². The summed E-state index contributed by atoms with van der Waals surface area (Å²) in [7, 11) is 0. The van der Waals surface area contributed by atoms with Crippen molar-refractivity contribution in [1.29, 1.82) is 0 Å². The summed E-state index contributed by atoms with van der Waals surface area (Å²) in [5, 5.41) is 0. The molecular weight excluding hydrogens is 110 g/mol. The molecule has 4 atom stereocenters. The molecule has 51 valence electrons. The SMILES string of the molecule is [CH2]C1C2CCC(C2)C1N. The molecule has 2 rings (SSSR count). The van der Waals surface area contributed by atoms with Crippen LogP contribution < -0.4 is 5.73 Å². The van der Waals surface area contributed by atoms with Crippen LogP contribution in [0.15, 0.2) is 0 Å². The molecule has 0 spiro atoms. The quantitative estimate of drug-likeness (QED) is 0.516. The largest absolute Gasteiger partial charge is 0.327 e. The van der Waals surface area contributed by atoms with E-state index in [0.717, 1.165) is 11.8 Å². The molecule has 1 heteroatoms. The maximum absolute atomic E-state index is 5.90. The minimum absolute atomic E-state index is 0.434. The lowest BCUT2D eigenvalue weighted by atomic mass is 9.87. The fourth-order valence-corrected chi connectivity index (χ4v) is 2.46. The Labute approximate surface area is 56.6 Å². The van der Waals surface area contributed by atoms with Gasteiger partial charge in [0.15, 0.2) is 0 Å². The molecule has 4 unspecified atom stereocenters. The van der Waals surface area contributed by atoms with Gasteiger partial charge in [0, 0.05) is 6.04 Å². The average molecular weight is 124 g/mol. The third kappa shape index (κ3) is 0.644. The third-order valence-corrected chi connectivity index (χ3v) is 3.16. The molecule has 2 saturated carbocycles. The van der Waals surface area contributed by atoms with Gasteiger partial charge in [-0.15, -0.1) is 0 Å². The van der Waals surface area contributed by atoms with Crippen LogP contribution in [0, 0.1) is 24.7 Å². The molecule has 0 aromatic heterocycles. The summed E-state index contributed by atoms with van der Waals surface area (Å²) in [4.78, 5) is 0. The predicted molar refractivity (Wildman–Crippen MR) is 37.7 cm³/mol. The highest BCUT2D eigenvalue weighted by molar-refractivity contribution is 4.99. The molecule has 1 radical (unpaired) electrons. The van der Waals surface area contributed by atoms with E-state index in [1.807, 2.05) is 0 Å². The summed E-state index contributed by atoms with van der Waals surface area (Å²) in [5.74, 6) is 2.28. The first-order valence-electron chi connectivity index (χ1n) is 3.87. The van der Waals surface area contributed by atoms with Gasteiger partial charge in [-0.25, -0.2) is 0 Å². The van der Waals surface area contributed by atoms with Gasteiger partial charge < -0.3 is 5.73 Å². The average Bonchev–Trinajstić information content (AvgIpc) is 2.37. The minimum atomic E-state index is 0.434. The Morgan fingerprint density at radius 1 is 1.22 bits per heavy atom. The molecule has 0 aromatic carbocycles. The number of fused-ring (bicyclic) bond motifs is 2. The van der Waals surface area contributed by atoms with Crippen molar-refractivity contribution in [1.82, 2.24) is 0 Å². The lowest BCUT2D eigenvalue weighted by Crippen LogP contribution is -2.33. The van der Waals surface area contributed by atoms with Crippen LogP contribution in [0.4, 0.5) is 0 Å². The standard InChI is InChI=1S/C8H14N/c1-5-6-2-3-7(4-6)8(5)9/h5-8H,1-4,9H2. The van der Waals surface area contributed by atoms with Gasteiger partial charge in [0.2, 0.25) is 0 Å². The molecule has 0 aliphatic heterocycles. The Balaban J connectivity index is 2.15. The van der Waals surface area contributed by atoms with Crippen LogP contribution in [0.25, 0.3) is 0 Å². The van der Waals surface area contributed by atoms with Crippen molar-refractivity contribution < 1.29 is 0 Å². The molecular formula is C8H14N. The smallest absolute Gasteiger partial charge is 0.00983 e. The molecule has 2 fully saturated rings. The van der Waals surface area contributed by atoms with Gasteiger partial charge in [0.1, 0.15) is 0 Å². The molecule has 0 aromatic rings. The normalized spacial score (nSPS) is 56.7. The van der Waals surface area contributed by atoms with Crippen molar-refractivity contribution in [2.24, 2.45) is 23.5 Å². The summed E-state index contributed by atoms with van der Waals surface area (Å²) >= 11 is 0. The van der Waals surface area contributed by atoms with Crippen molar-refractivity contribution in [3.05, 3.63) is 6.92 Å². The Morgan fingerprint density at radius 3 is 2.22 bits per heavy atom. The summed E-state index contributed by atoms with van der Waals surface area (Å²) in [6.45, 7) is 4.08. The highest BCUT2D eigenvalue weighted by Crippen LogP contribution is 2.46. The molecule has 0 amide bonds. The van der Waals surface area contributed by atoms with Gasteiger partial charge in [0.05, 0.1) is 0 Å². The van der Waals surface area contributed by atoms with Crippen molar-refractivity contribution in [2.45, 2.75) is 25.3 Å². The fraction of sp³-hybridized carbons (Fsp3) is 0.875. The minimum Gasteiger partial charge on any atom is -0.327 e. The number of rotatable bonds is 0. The van der Waals surface area contributed by atoms with E-state index >= 15 is 0 Å². The second-order valence-electron chi connectivity index (χ2n) is 3.57. The van der Waals surface area contributed by atoms with Crippen LogP contribution in [0.3, 0.4) is 0 Å². The summed E-state index contributed by atoms with van der Waals surface area (Å²) in [6, 6.07) is 0.434. The topological polar surface area (TPSA) is 26.0 Å². The molecule has 2 bridgehead atoms. The van der Waals surface area contributed by atoms with E-state index in [2.05, 4.69) is 6.92 Å². The van der Waals surface area contributed by atoms with E-state index in [1.165, 1.54) is 19.3 Å². The van der Waals surface area contributed by atoms with E-state index in [4.69, 9.17) is 5.73 Å². The van der Waals surface area contributed by atoms with Crippen LogP contribution >= 0.6 is 0 Å². The van der Waals surface area contributed by atoms with E-state index in [1.54, 1.807) is 0 Å². The van der Waals surface area contributed by atoms with Gasteiger partial charge in [0.25, 0.3) is 0 Å². The van der Waals surface area contributed by atoms with Crippen molar-refractivity contribution in [3.63, 3.8) is 0 Å². The Bertz CT molecular complexity index is 104. The van der Waals surface area contributed by atoms with Gasteiger partial charge in [-0.2, -0.15) is 0 Å². The second-order valence-corrected chi connectivity index (χ2v) is 3.57. The fourth-order valence-electron chi connectivity index (χ4n) is 2.46. The first kappa shape index (κ1) is 5.72. The second kappa shape index (κ2) is 1.72. The Kier molecular flexibility index (Phi) is 1.10. The maximum Gasteiger partial charge on any atom is 0.00983 e. The zero-order valence-electron chi connectivity index (χ0n) is 5.72. The maximum atomic E-state index is 5.90. The van der Waals surface area contributed by atoms with Crippen molar-refractivity contribution >= 4 is 0 Å². The highest BCUT2D eigenvalue weighted by Gasteiger charge is 2.42. The van der Waals surface area contributed by atoms with Crippen LogP contribution in [-0.2, 0) is 0 Å². The Hall–Kier alpha value is -0.0400. The Morgan fingerprint density at radius 2 is 1.89 bits per heavy atom. The summed E-state index contributed by atoms with van der Waals surface area (Å²) in [6.07, 6.45) is 4.14. The number of hydrogen-bond acceptors (Lipinski definition) is 1. The van der Waals surface area contributed by atoms with Crippen molar-refractivity contribution in [3.8, 4) is 0 Å². The zero-order chi connectivity index (χ0) is 6.43. The molecule has 2 aliphatic carbocycles. The number of hydrogen-bond donors (Lipinski definition) is 1. The van der Waals surface area contributed by atoms with E-state index in [0.29, 0.717) is 12.0 Å². The lowest BCUT2D eigenvalue weighted by Gasteiger charge is -2.23. The van der Waals surface area contributed by atoms with Gasteiger partial charge >= 0.3 is 0 Å². The molecule has 0 heterocycles. The van der Waals surface area contributed by atoms with Crippen LogP contribution in [0.1, 0.15) is 19.3 Å². The number of nitrogens with two attached hydrogens (primary N) is 1. The lowest BCUT2D eigenvalue weighted by molar-refractivity contribution is 0.340. The molecule has 2 N–H and O–H groups in total. The van der Waals surface area contributed by atoms with Crippen LogP contribution in [-0.4, -0.2) is 6.04 Å². The summed E-state index contributed by atoms with van der Waals surface area (Å²) < 4.78 is 0.